The lowest BCUT2D eigenvalue weighted by Gasteiger charge is -2.18. The van der Waals surface area contributed by atoms with Crippen molar-refractivity contribution in [1.29, 1.82) is 0 Å². The summed E-state index contributed by atoms with van der Waals surface area (Å²) in [6, 6.07) is 8.69. The number of hydrogen-bond donors (Lipinski definition) is 2. The SMILES string of the molecule is CCOc1ccc(C(=O)NNC(=O)c2ccc(OC)c(S(=O)(=O)N3CCCC3)c2)cc1OC. The van der Waals surface area contributed by atoms with Gasteiger partial charge >= 0.3 is 0 Å². The molecule has 0 spiro atoms. The molecule has 1 fully saturated rings. The molecule has 10 nitrogen and oxygen atoms in total. The molecule has 0 radical (unpaired) electrons. The van der Waals surface area contributed by atoms with Crippen LogP contribution in [0, 0.1) is 0 Å². The van der Waals surface area contributed by atoms with Gasteiger partial charge in [0.2, 0.25) is 10.0 Å². The van der Waals surface area contributed by atoms with Crippen LogP contribution in [0.3, 0.4) is 0 Å². The predicted molar refractivity (Wildman–Crippen MR) is 120 cm³/mol. The molecule has 1 heterocycles. The molecular weight excluding hydrogens is 450 g/mol. The van der Waals surface area contributed by atoms with E-state index in [0.29, 0.717) is 31.2 Å². The van der Waals surface area contributed by atoms with E-state index in [9.17, 15) is 18.0 Å². The van der Waals surface area contributed by atoms with Gasteiger partial charge in [0.05, 0.1) is 20.8 Å². The van der Waals surface area contributed by atoms with E-state index in [1.54, 1.807) is 6.07 Å². The number of benzene rings is 2. The van der Waals surface area contributed by atoms with Crippen molar-refractivity contribution in [3.63, 3.8) is 0 Å². The third kappa shape index (κ3) is 5.37. The summed E-state index contributed by atoms with van der Waals surface area (Å²) < 4.78 is 43.2. The topological polar surface area (TPSA) is 123 Å². The second-order valence-electron chi connectivity index (χ2n) is 7.18. The zero-order valence-corrected chi connectivity index (χ0v) is 19.5. The molecule has 33 heavy (non-hydrogen) atoms. The van der Waals surface area contributed by atoms with E-state index in [2.05, 4.69) is 10.9 Å². The molecule has 0 aromatic heterocycles. The minimum absolute atomic E-state index is 0.0538. The Labute approximate surface area is 192 Å². The van der Waals surface area contributed by atoms with Crippen LogP contribution in [0.4, 0.5) is 0 Å². The van der Waals surface area contributed by atoms with Gasteiger partial charge in [0, 0.05) is 24.2 Å². The highest BCUT2D eigenvalue weighted by Gasteiger charge is 2.30. The third-order valence-electron chi connectivity index (χ3n) is 5.12. The Morgan fingerprint density at radius 3 is 1.97 bits per heavy atom. The normalized spacial score (nSPS) is 13.9. The lowest BCUT2D eigenvalue weighted by atomic mass is 10.2. The molecule has 11 heteroatoms. The summed E-state index contributed by atoms with van der Waals surface area (Å²) in [6.45, 7) is 3.11. The molecule has 1 aliphatic rings. The first-order valence-electron chi connectivity index (χ1n) is 10.4. The molecule has 3 rings (SSSR count). The summed E-state index contributed by atoms with van der Waals surface area (Å²) in [7, 11) is -0.992. The van der Waals surface area contributed by atoms with Gasteiger partial charge in [-0.2, -0.15) is 4.31 Å². The molecule has 2 amide bonds. The lowest BCUT2D eigenvalue weighted by Crippen LogP contribution is -2.41. The standard InChI is InChI=1S/C22H27N3O7S/c1-4-32-17-9-7-15(13-19(17)31-3)21(26)23-24-22(27)16-8-10-18(30-2)20(14-16)33(28,29)25-11-5-6-12-25/h7-10,13-14H,4-6,11-12H2,1-3H3,(H,23,26)(H,24,27). The van der Waals surface area contributed by atoms with Crippen molar-refractivity contribution in [2.45, 2.75) is 24.7 Å². The zero-order valence-electron chi connectivity index (χ0n) is 18.7. The van der Waals surface area contributed by atoms with Crippen molar-refractivity contribution in [2.75, 3.05) is 33.9 Å². The molecule has 2 aromatic carbocycles. The molecule has 1 saturated heterocycles. The number of ether oxygens (including phenoxy) is 3. The summed E-state index contributed by atoms with van der Waals surface area (Å²) in [5, 5.41) is 0. The first-order chi connectivity index (χ1) is 15.8. The van der Waals surface area contributed by atoms with Crippen LogP contribution in [0.15, 0.2) is 41.3 Å². The number of amides is 2. The van der Waals surface area contributed by atoms with Crippen LogP contribution >= 0.6 is 0 Å². The van der Waals surface area contributed by atoms with Crippen molar-refractivity contribution in [3.8, 4) is 17.2 Å². The van der Waals surface area contributed by atoms with Crippen molar-refractivity contribution in [1.82, 2.24) is 15.2 Å². The molecule has 0 aliphatic carbocycles. The summed E-state index contributed by atoms with van der Waals surface area (Å²) in [5.74, 6) is -0.248. The first kappa shape index (κ1) is 24.3. The number of carbonyl (C=O) groups excluding carboxylic acids is 2. The van der Waals surface area contributed by atoms with E-state index in [4.69, 9.17) is 14.2 Å². The lowest BCUT2D eigenvalue weighted by molar-refractivity contribution is 0.0846. The van der Waals surface area contributed by atoms with Crippen LogP contribution < -0.4 is 25.1 Å². The molecule has 2 N–H and O–H groups in total. The third-order valence-corrected chi connectivity index (χ3v) is 7.04. The van der Waals surface area contributed by atoms with Crippen molar-refractivity contribution in [3.05, 3.63) is 47.5 Å². The second-order valence-corrected chi connectivity index (χ2v) is 9.09. The molecular formula is C22H27N3O7S. The van der Waals surface area contributed by atoms with Crippen LogP contribution in [0.1, 0.15) is 40.5 Å². The Morgan fingerprint density at radius 1 is 0.879 bits per heavy atom. The number of rotatable bonds is 8. The molecule has 2 aromatic rings. The van der Waals surface area contributed by atoms with E-state index in [1.807, 2.05) is 6.92 Å². The van der Waals surface area contributed by atoms with Crippen LogP contribution in [-0.4, -0.2) is 58.5 Å². The minimum atomic E-state index is -3.81. The summed E-state index contributed by atoms with van der Waals surface area (Å²) in [6.07, 6.45) is 1.56. The summed E-state index contributed by atoms with van der Waals surface area (Å²) in [5.41, 5.74) is 4.91. The zero-order chi connectivity index (χ0) is 24.0. The van der Waals surface area contributed by atoms with Gasteiger partial charge in [0.25, 0.3) is 11.8 Å². The first-order valence-corrected chi connectivity index (χ1v) is 11.9. The van der Waals surface area contributed by atoms with Crippen molar-refractivity contribution >= 4 is 21.8 Å². The number of carbonyl (C=O) groups is 2. The van der Waals surface area contributed by atoms with E-state index in [0.717, 1.165) is 12.8 Å². The van der Waals surface area contributed by atoms with E-state index in [1.165, 1.54) is 48.9 Å². The maximum atomic E-state index is 13.0. The van der Waals surface area contributed by atoms with Gasteiger partial charge in [-0.05, 0) is 56.2 Å². The largest absolute Gasteiger partial charge is 0.495 e. The maximum Gasteiger partial charge on any atom is 0.269 e. The quantitative estimate of drug-likeness (QED) is 0.557. The average molecular weight is 478 g/mol. The number of hydrazine groups is 1. The van der Waals surface area contributed by atoms with Gasteiger partial charge in [-0.1, -0.05) is 0 Å². The van der Waals surface area contributed by atoms with Gasteiger partial charge in [-0.15, -0.1) is 0 Å². The second kappa shape index (κ2) is 10.5. The molecule has 0 saturated carbocycles. The number of methoxy groups -OCH3 is 2. The Bertz CT molecular complexity index is 1130. The van der Waals surface area contributed by atoms with Crippen LogP contribution in [0.25, 0.3) is 0 Å². The number of hydrogen-bond acceptors (Lipinski definition) is 7. The maximum absolute atomic E-state index is 13.0. The summed E-state index contributed by atoms with van der Waals surface area (Å²) in [4.78, 5) is 25.0. The molecule has 0 bridgehead atoms. The van der Waals surface area contributed by atoms with Crippen LogP contribution in [0.5, 0.6) is 17.2 Å². The number of nitrogens with zero attached hydrogens (tertiary/aromatic N) is 1. The summed E-state index contributed by atoms with van der Waals surface area (Å²) >= 11 is 0. The van der Waals surface area contributed by atoms with Gasteiger partial charge in [0.1, 0.15) is 10.6 Å². The van der Waals surface area contributed by atoms with Gasteiger partial charge < -0.3 is 14.2 Å². The van der Waals surface area contributed by atoms with Crippen molar-refractivity contribution < 1.29 is 32.2 Å². The van der Waals surface area contributed by atoms with Crippen LogP contribution in [-0.2, 0) is 10.0 Å². The Balaban J connectivity index is 1.75. The molecule has 0 unspecified atom stereocenters. The van der Waals surface area contributed by atoms with Gasteiger partial charge in [-0.25, -0.2) is 8.42 Å². The Morgan fingerprint density at radius 2 is 1.42 bits per heavy atom. The van der Waals surface area contributed by atoms with E-state index >= 15 is 0 Å². The van der Waals surface area contributed by atoms with Gasteiger partial charge in [0.15, 0.2) is 11.5 Å². The molecule has 0 atom stereocenters. The fourth-order valence-electron chi connectivity index (χ4n) is 3.43. The molecule has 1 aliphatic heterocycles. The fraction of sp³-hybridized carbons (Fsp3) is 0.364. The Hall–Kier alpha value is -3.31. The smallest absolute Gasteiger partial charge is 0.269 e. The monoisotopic (exact) mass is 477 g/mol. The van der Waals surface area contributed by atoms with Crippen LogP contribution in [0.2, 0.25) is 0 Å². The van der Waals surface area contributed by atoms with E-state index in [-0.39, 0.29) is 21.8 Å². The fourth-order valence-corrected chi connectivity index (χ4v) is 5.13. The predicted octanol–water partition coefficient (Wildman–Crippen LogP) is 1.96. The van der Waals surface area contributed by atoms with Gasteiger partial charge in [-0.3, -0.25) is 20.4 Å². The van der Waals surface area contributed by atoms with E-state index < -0.39 is 21.8 Å². The molecule has 178 valence electrons. The Kier molecular flexibility index (Phi) is 7.77. The highest BCUT2D eigenvalue weighted by Crippen LogP contribution is 2.30. The van der Waals surface area contributed by atoms with Crippen molar-refractivity contribution in [2.24, 2.45) is 0 Å². The highest BCUT2D eigenvalue weighted by atomic mass is 32.2. The number of sulfonamides is 1. The average Bonchev–Trinajstić information content (AvgIpc) is 3.38. The highest BCUT2D eigenvalue weighted by molar-refractivity contribution is 7.89. The number of nitrogens with one attached hydrogen (secondary N) is 2. The minimum Gasteiger partial charge on any atom is -0.495 e.